The molecular weight excluding hydrogens is 494 g/mol. The number of aliphatic hydroxyl groups excluding tert-OH is 1. The molecule has 0 spiro atoms. The molecule has 12 heteroatoms. The van der Waals surface area contributed by atoms with Crippen LogP contribution in [0, 0.1) is 17.0 Å². The topological polar surface area (TPSA) is 152 Å². The molecule has 1 heterocycles. The van der Waals surface area contributed by atoms with Gasteiger partial charge in [-0.1, -0.05) is 17.7 Å². The van der Waals surface area contributed by atoms with Gasteiger partial charge in [-0.25, -0.2) is 8.98 Å². The summed E-state index contributed by atoms with van der Waals surface area (Å²) >= 11 is 0. The Bertz CT molecular complexity index is 1160. The highest BCUT2D eigenvalue weighted by Gasteiger charge is 2.36. The first kappa shape index (κ1) is 27.5. The predicted octanol–water partition coefficient (Wildman–Crippen LogP) is 3.05. The lowest BCUT2D eigenvalue weighted by Crippen LogP contribution is -2.41. The van der Waals surface area contributed by atoms with Crippen LogP contribution in [0.2, 0.25) is 0 Å². The Labute approximate surface area is 209 Å². The van der Waals surface area contributed by atoms with Gasteiger partial charge in [0.05, 0.1) is 29.1 Å². The maximum atomic E-state index is 12.8. The van der Waals surface area contributed by atoms with E-state index in [-0.39, 0.29) is 28.5 Å². The van der Waals surface area contributed by atoms with Crippen LogP contribution in [-0.2, 0) is 35.0 Å². The lowest BCUT2D eigenvalue weighted by atomic mass is 10.0. The minimum Gasteiger partial charge on any atom is -0.465 e. The number of ether oxygens (including phenoxy) is 3. The van der Waals surface area contributed by atoms with Crippen LogP contribution >= 0.6 is 0 Å². The van der Waals surface area contributed by atoms with Gasteiger partial charge in [-0.2, -0.15) is 8.42 Å². The van der Waals surface area contributed by atoms with Crippen molar-refractivity contribution in [2.75, 3.05) is 13.2 Å². The Morgan fingerprint density at radius 1 is 1.22 bits per heavy atom. The van der Waals surface area contributed by atoms with Crippen LogP contribution in [-0.4, -0.2) is 56.1 Å². The van der Waals surface area contributed by atoms with Gasteiger partial charge >= 0.3 is 5.97 Å². The van der Waals surface area contributed by atoms with Gasteiger partial charge in [0.1, 0.15) is 5.75 Å². The lowest BCUT2D eigenvalue weighted by Gasteiger charge is -2.24. The van der Waals surface area contributed by atoms with E-state index in [4.69, 9.17) is 18.4 Å². The first-order chi connectivity index (χ1) is 17.1. The van der Waals surface area contributed by atoms with Crippen molar-refractivity contribution in [3.63, 3.8) is 0 Å². The first-order valence-corrected chi connectivity index (χ1v) is 12.9. The maximum Gasteiger partial charge on any atom is 0.339 e. The number of aryl methyl sites for hydroxylation is 1. The fourth-order valence-corrected chi connectivity index (χ4v) is 4.71. The van der Waals surface area contributed by atoms with Crippen LogP contribution in [0.4, 0.5) is 5.69 Å². The molecular formula is C24H29NO10S. The smallest absolute Gasteiger partial charge is 0.339 e. The second-order valence-corrected chi connectivity index (χ2v) is 9.84. The van der Waals surface area contributed by atoms with Crippen molar-refractivity contribution in [1.29, 1.82) is 0 Å². The van der Waals surface area contributed by atoms with E-state index in [1.807, 2.05) is 0 Å². The summed E-state index contributed by atoms with van der Waals surface area (Å²) in [6.07, 6.45) is -2.24. The van der Waals surface area contributed by atoms with Gasteiger partial charge in [0.2, 0.25) is 6.10 Å². The normalized spacial score (nSPS) is 17.7. The van der Waals surface area contributed by atoms with Gasteiger partial charge in [0, 0.05) is 24.5 Å². The number of benzene rings is 2. The number of aliphatic hydroxyl groups is 1. The van der Waals surface area contributed by atoms with Gasteiger partial charge in [-0.05, 0) is 51.0 Å². The summed E-state index contributed by atoms with van der Waals surface area (Å²) in [6.45, 7) is 3.72. The zero-order chi connectivity index (χ0) is 26.3. The highest BCUT2D eigenvalue weighted by Crippen LogP contribution is 2.29. The minimum absolute atomic E-state index is 0.0199. The van der Waals surface area contributed by atoms with Crippen LogP contribution in [0.15, 0.2) is 47.4 Å². The van der Waals surface area contributed by atoms with Gasteiger partial charge in [-0.15, -0.1) is 0 Å². The molecule has 0 saturated carbocycles. The molecule has 11 nitrogen and oxygen atoms in total. The molecule has 2 aromatic carbocycles. The summed E-state index contributed by atoms with van der Waals surface area (Å²) < 4.78 is 46.9. The summed E-state index contributed by atoms with van der Waals surface area (Å²) in [5, 5.41) is 22.4. The lowest BCUT2D eigenvalue weighted by molar-refractivity contribution is -0.385. The summed E-state index contributed by atoms with van der Waals surface area (Å²) in [6, 6.07) is 9.69. The van der Waals surface area contributed by atoms with E-state index in [1.165, 1.54) is 37.3 Å². The van der Waals surface area contributed by atoms with Crippen LogP contribution < -0.4 is 4.74 Å². The Balaban J connectivity index is 1.86. The molecule has 1 unspecified atom stereocenters. The Kier molecular flexibility index (Phi) is 9.37. The third kappa shape index (κ3) is 7.23. The number of esters is 1. The summed E-state index contributed by atoms with van der Waals surface area (Å²) in [4.78, 5) is 23.3. The molecule has 3 rings (SSSR count). The SMILES string of the molecule is CCOC(=O)[C@H](OS(=O)(=O)c1ccc(C)cc1)[C@@H](O)Cc1cc(OC2CCCCO2)ccc1[N+](=O)[O-]. The van der Waals surface area contributed by atoms with Gasteiger partial charge in [-0.3, -0.25) is 10.1 Å². The number of hydrogen-bond acceptors (Lipinski definition) is 10. The molecule has 0 aromatic heterocycles. The van der Waals surface area contributed by atoms with Crippen LogP contribution in [0.3, 0.4) is 0 Å². The fraction of sp³-hybridized carbons (Fsp3) is 0.458. The van der Waals surface area contributed by atoms with Gasteiger partial charge in [0.25, 0.3) is 15.8 Å². The van der Waals surface area contributed by atoms with E-state index in [2.05, 4.69) is 0 Å². The van der Waals surface area contributed by atoms with Gasteiger partial charge < -0.3 is 19.3 Å². The number of rotatable bonds is 11. The highest BCUT2D eigenvalue weighted by atomic mass is 32.2. The second kappa shape index (κ2) is 12.3. The average molecular weight is 524 g/mol. The molecule has 1 saturated heterocycles. The molecule has 0 bridgehead atoms. The average Bonchev–Trinajstić information content (AvgIpc) is 2.83. The molecule has 196 valence electrons. The number of nitro groups is 1. The van der Waals surface area contributed by atoms with E-state index in [0.717, 1.165) is 18.4 Å². The van der Waals surface area contributed by atoms with Gasteiger partial charge in [0.15, 0.2) is 6.29 Å². The molecule has 1 fully saturated rings. The number of carbonyl (C=O) groups excluding carboxylic acids is 1. The summed E-state index contributed by atoms with van der Waals surface area (Å²) in [7, 11) is -4.47. The molecule has 0 aliphatic carbocycles. The monoisotopic (exact) mass is 523 g/mol. The molecule has 36 heavy (non-hydrogen) atoms. The number of nitrogens with zero attached hydrogens (tertiary/aromatic N) is 1. The quantitative estimate of drug-likeness (QED) is 0.201. The van der Waals surface area contributed by atoms with Crippen molar-refractivity contribution in [3.05, 3.63) is 63.7 Å². The first-order valence-electron chi connectivity index (χ1n) is 11.5. The largest absolute Gasteiger partial charge is 0.465 e. The van der Waals surface area contributed by atoms with Crippen molar-refractivity contribution >= 4 is 21.8 Å². The number of nitro benzene ring substituents is 1. The third-order valence-corrected chi connectivity index (χ3v) is 6.80. The van der Waals surface area contributed by atoms with E-state index in [0.29, 0.717) is 13.0 Å². The molecule has 0 radical (unpaired) electrons. The molecule has 2 aromatic rings. The van der Waals surface area contributed by atoms with Crippen molar-refractivity contribution in [1.82, 2.24) is 0 Å². The standard InChI is InChI=1S/C24H29NO10S/c1-3-32-24(27)23(35-36(30,31)19-10-7-16(2)8-11-19)21(26)15-17-14-18(9-12-20(17)25(28)29)34-22-6-4-5-13-33-22/h7-12,14,21-23,26H,3-6,13,15H2,1-2H3/t21-,22?,23+/m0/s1. The molecule has 1 aliphatic rings. The fourth-order valence-electron chi connectivity index (χ4n) is 3.65. The van der Waals surface area contributed by atoms with Crippen LogP contribution in [0.1, 0.15) is 37.3 Å². The number of carbonyl (C=O) groups is 1. The highest BCUT2D eigenvalue weighted by molar-refractivity contribution is 7.86. The van der Waals surface area contributed by atoms with Crippen LogP contribution in [0.25, 0.3) is 0 Å². The van der Waals surface area contributed by atoms with Crippen molar-refractivity contribution in [3.8, 4) is 5.75 Å². The second-order valence-electron chi connectivity index (χ2n) is 8.27. The summed E-state index contributed by atoms with van der Waals surface area (Å²) in [5.74, 6) is -0.845. The zero-order valence-corrected chi connectivity index (χ0v) is 20.8. The van der Waals surface area contributed by atoms with Crippen molar-refractivity contribution < 1.29 is 41.6 Å². The predicted molar refractivity (Wildman–Crippen MR) is 127 cm³/mol. The molecule has 1 N–H and O–H groups in total. The Morgan fingerprint density at radius 3 is 2.56 bits per heavy atom. The van der Waals surface area contributed by atoms with Crippen molar-refractivity contribution in [2.45, 2.75) is 62.9 Å². The zero-order valence-electron chi connectivity index (χ0n) is 20.0. The van der Waals surface area contributed by atoms with E-state index >= 15 is 0 Å². The van der Waals surface area contributed by atoms with E-state index < -0.39 is 45.9 Å². The van der Waals surface area contributed by atoms with Crippen molar-refractivity contribution in [2.24, 2.45) is 0 Å². The minimum atomic E-state index is -4.47. The molecule has 0 amide bonds. The molecule has 1 aliphatic heterocycles. The maximum absolute atomic E-state index is 12.8. The van der Waals surface area contributed by atoms with E-state index in [1.54, 1.807) is 19.1 Å². The van der Waals surface area contributed by atoms with E-state index in [9.17, 15) is 28.4 Å². The summed E-state index contributed by atoms with van der Waals surface area (Å²) in [5.41, 5.74) is 0.491. The van der Waals surface area contributed by atoms with Crippen LogP contribution in [0.5, 0.6) is 5.75 Å². The Hall–Kier alpha value is -3.06. The molecule has 3 atom stereocenters. The third-order valence-electron chi connectivity index (χ3n) is 5.49. The number of hydrogen-bond donors (Lipinski definition) is 1. The Morgan fingerprint density at radius 2 is 1.94 bits per heavy atom.